The van der Waals surface area contributed by atoms with Crippen LogP contribution in [0.25, 0.3) is 0 Å². The van der Waals surface area contributed by atoms with E-state index in [1.807, 2.05) is 4.98 Å². The van der Waals surface area contributed by atoms with E-state index in [9.17, 15) is 43.9 Å². The van der Waals surface area contributed by atoms with E-state index in [1.165, 1.54) is 0 Å². The number of hydrogen-bond acceptors (Lipinski definition) is 2. The highest BCUT2D eigenvalue weighted by Crippen LogP contribution is 2.65. The first-order chi connectivity index (χ1) is 9.21. The van der Waals surface area contributed by atoms with E-state index in [2.05, 4.69) is 5.73 Å². The van der Waals surface area contributed by atoms with Crippen molar-refractivity contribution in [2.75, 3.05) is 5.73 Å². The molecule has 1 heterocycles. The van der Waals surface area contributed by atoms with Crippen LogP contribution in [0.5, 0.6) is 0 Å². The van der Waals surface area contributed by atoms with Gasteiger partial charge in [-0.2, -0.15) is 43.9 Å². The zero-order valence-electron chi connectivity index (χ0n) is 9.30. The van der Waals surface area contributed by atoms with Gasteiger partial charge in [-0.25, -0.2) is 4.98 Å². The molecule has 2 nitrogen and oxygen atoms in total. The second-order valence-electron chi connectivity index (χ2n) is 4.15. The maximum atomic E-state index is 13.4. The quantitative estimate of drug-likeness (QED) is 0.586. The smallest absolute Gasteiger partial charge is 0.384 e. The number of aromatic nitrogens is 1. The SMILES string of the molecule is Nc1c(F)c(F)nc2c1C(F)(F)C(F)(F)C(F)(F)C2(F)F. The van der Waals surface area contributed by atoms with E-state index in [4.69, 9.17) is 0 Å². The molecule has 0 aliphatic heterocycles. The minimum atomic E-state index is -6.60. The number of alkyl halides is 8. The lowest BCUT2D eigenvalue weighted by Crippen LogP contribution is -2.64. The molecule has 2 N–H and O–H groups in total. The van der Waals surface area contributed by atoms with Crippen molar-refractivity contribution in [3.63, 3.8) is 0 Å². The van der Waals surface area contributed by atoms with E-state index >= 15 is 0 Å². The predicted molar refractivity (Wildman–Crippen MR) is 46.2 cm³/mol. The summed E-state index contributed by atoms with van der Waals surface area (Å²) < 4.78 is 131. The maximum Gasteiger partial charge on any atom is 0.384 e. The lowest BCUT2D eigenvalue weighted by molar-refractivity contribution is -0.387. The summed E-state index contributed by atoms with van der Waals surface area (Å²) in [6, 6.07) is 0. The van der Waals surface area contributed by atoms with Crippen molar-refractivity contribution >= 4 is 5.69 Å². The topological polar surface area (TPSA) is 38.9 Å². The molecule has 0 aromatic carbocycles. The number of fused-ring (bicyclic) bond motifs is 1. The number of nitrogen functional groups attached to an aromatic ring is 1. The third kappa shape index (κ3) is 1.47. The van der Waals surface area contributed by atoms with Gasteiger partial charge in [0, 0.05) is 0 Å². The van der Waals surface area contributed by atoms with E-state index < -0.39 is 52.4 Å². The van der Waals surface area contributed by atoms with Crippen molar-refractivity contribution in [1.82, 2.24) is 4.98 Å². The third-order valence-electron chi connectivity index (χ3n) is 2.93. The number of hydrogen-bond donors (Lipinski definition) is 1. The van der Waals surface area contributed by atoms with Crippen LogP contribution >= 0.6 is 0 Å². The average Bonchev–Trinajstić information content (AvgIpc) is 2.32. The summed E-state index contributed by atoms with van der Waals surface area (Å²) in [6.45, 7) is 0. The molecule has 12 heteroatoms. The first-order valence-corrected chi connectivity index (χ1v) is 4.88. The van der Waals surface area contributed by atoms with Gasteiger partial charge in [-0.1, -0.05) is 0 Å². The highest BCUT2D eigenvalue weighted by molar-refractivity contribution is 5.56. The molecule has 0 spiro atoms. The van der Waals surface area contributed by atoms with Gasteiger partial charge in [0.15, 0.2) is 0 Å². The van der Waals surface area contributed by atoms with Crippen LogP contribution in [0.3, 0.4) is 0 Å². The van der Waals surface area contributed by atoms with Gasteiger partial charge in [-0.3, -0.25) is 0 Å². The fourth-order valence-electron chi connectivity index (χ4n) is 1.80. The van der Waals surface area contributed by atoms with E-state index in [0.717, 1.165) is 0 Å². The molecule has 1 aliphatic rings. The number of pyridine rings is 1. The monoisotopic (exact) mass is 328 g/mol. The molecule has 0 saturated carbocycles. The Kier molecular flexibility index (Phi) is 2.76. The van der Waals surface area contributed by atoms with Gasteiger partial charge in [0.25, 0.3) is 5.95 Å². The predicted octanol–water partition coefficient (Wildman–Crippen LogP) is 3.41. The first kappa shape index (κ1) is 15.6. The summed E-state index contributed by atoms with van der Waals surface area (Å²) in [6.07, 6.45) is 0. The molecular weight excluding hydrogens is 326 g/mol. The Labute approximate surface area is 108 Å². The van der Waals surface area contributed by atoms with Crippen molar-refractivity contribution < 1.29 is 43.9 Å². The van der Waals surface area contributed by atoms with Crippen LogP contribution in [-0.2, 0) is 11.8 Å². The van der Waals surface area contributed by atoms with Crippen molar-refractivity contribution in [2.24, 2.45) is 0 Å². The second-order valence-corrected chi connectivity index (χ2v) is 4.15. The largest absolute Gasteiger partial charge is 0.396 e. The maximum absolute atomic E-state index is 13.4. The number of nitrogens with two attached hydrogens (primary N) is 1. The minimum absolute atomic E-state index is 1.92. The zero-order chi connectivity index (χ0) is 16.6. The Balaban J connectivity index is 3.02. The molecule has 0 radical (unpaired) electrons. The lowest BCUT2D eigenvalue weighted by atomic mass is 9.82. The van der Waals surface area contributed by atoms with Gasteiger partial charge in [0.1, 0.15) is 5.69 Å². The molecule has 0 bridgehead atoms. The summed E-state index contributed by atoms with van der Waals surface area (Å²) in [5.41, 5.74) is -2.98. The van der Waals surface area contributed by atoms with Gasteiger partial charge < -0.3 is 5.73 Å². The summed E-state index contributed by atoms with van der Waals surface area (Å²) in [7, 11) is 0. The van der Waals surface area contributed by atoms with Gasteiger partial charge in [0.05, 0.1) is 11.3 Å². The van der Waals surface area contributed by atoms with Crippen LogP contribution < -0.4 is 5.73 Å². The normalized spacial score (nSPS) is 24.5. The number of halogens is 10. The molecule has 2 rings (SSSR count). The van der Waals surface area contributed by atoms with E-state index in [1.54, 1.807) is 0 Å². The summed E-state index contributed by atoms with van der Waals surface area (Å²) >= 11 is 0. The lowest BCUT2D eigenvalue weighted by Gasteiger charge is -2.42. The summed E-state index contributed by atoms with van der Waals surface area (Å²) in [4.78, 5) is 1.92. The summed E-state index contributed by atoms with van der Waals surface area (Å²) in [5.74, 6) is -30.1. The molecule has 21 heavy (non-hydrogen) atoms. The van der Waals surface area contributed by atoms with Crippen LogP contribution in [-0.4, -0.2) is 16.8 Å². The van der Waals surface area contributed by atoms with E-state index in [0.29, 0.717) is 0 Å². The van der Waals surface area contributed by atoms with Gasteiger partial charge >= 0.3 is 23.7 Å². The fraction of sp³-hybridized carbons (Fsp3) is 0.444. The molecule has 1 aromatic heterocycles. The van der Waals surface area contributed by atoms with Crippen molar-refractivity contribution in [3.05, 3.63) is 23.0 Å². The Morgan fingerprint density at radius 1 is 0.762 bits per heavy atom. The Hall–Kier alpha value is -1.75. The van der Waals surface area contributed by atoms with Gasteiger partial charge in [-0.15, -0.1) is 0 Å². The van der Waals surface area contributed by atoms with Crippen LogP contribution in [0.4, 0.5) is 49.6 Å². The van der Waals surface area contributed by atoms with Crippen LogP contribution in [0, 0.1) is 11.8 Å². The van der Waals surface area contributed by atoms with Crippen molar-refractivity contribution in [3.8, 4) is 0 Å². The molecule has 0 unspecified atom stereocenters. The Morgan fingerprint density at radius 2 is 1.19 bits per heavy atom. The minimum Gasteiger partial charge on any atom is -0.396 e. The Morgan fingerprint density at radius 3 is 1.67 bits per heavy atom. The van der Waals surface area contributed by atoms with E-state index in [-0.39, 0.29) is 0 Å². The summed E-state index contributed by atoms with van der Waals surface area (Å²) in [5, 5.41) is 0. The van der Waals surface area contributed by atoms with Crippen LogP contribution in [0.1, 0.15) is 11.3 Å². The van der Waals surface area contributed by atoms with Crippen molar-refractivity contribution in [1.29, 1.82) is 0 Å². The second kappa shape index (κ2) is 3.71. The number of anilines is 1. The third-order valence-corrected chi connectivity index (χ3v) is 2.93. The molecule has 1 aromatic rings. The first-order valence-electron chi connectivity index (χ1n) is 4.88. The molecule has 118 valence electrons. The number of nitrogens with zero attached hydrogens (tertiary/aromatic N) is 1. The van der Waals surface area contributed by atoms with Crippen LogP contribution in [0.15, 0.2) is 0 Å². The molecular formula is C9H2F10N2. The van der Waals surface area contributed by atoms with Gasteiger partial charge in [-0.05, 0) is 0 Å². The Bertz CT molecular complexity index is 623. The molecule has 0 amide bonds. The highest BCUT2D eigenvalue weighted by Gasteiger charge is 2.86. The zero-order valence-corrected chi connectivity index (χ0v) is 9.30. The molecule has 1 aliphatic carbocycles. The highest BCUT2D eigenvalue weighted by atomic mass is 19.4. The molecule has 0 atom stereocenters. The molecule has 0 fully saturated rings. The van der Waals surface area contributed by atoms with Crippen molar-refractivity contribution in [2.45, 2.75) is 23.7 Å². The van der Waals surface area contributed by atoms with Gasteiger partial charge in [0.2, 0.25) is 5.82 Å². The average molecular weight is 328 g/mol. The fourth-order valence-corrected chi connectivity index (χ4v) is 1.80. The standard InChI is InChI=1S/C9H2F10N2/c10-2-3(20)1-4(21-5(2)11)7(14,15)9(18,19)8(16,17)6(1,12)13/h(H2,20,21). The van der Waals surface area contributed by atoms with Crippen LogP contribution in [0.2, 0.25) is 0 Å². The molecule has 0 saturated heterocycles. The number of rotatable bonds is 0.